The SMILES string of the molecule is FC1(F)C(Cl)C(F)(F)C(F)(F)C(F)(F)C1(F)F. The topological polar surface area (TPSA) is 0 Å². The van der Waals surface area contributed by atoms with Gasteiger partial charge in [0.25, 0.3) is 0 Å². The first-order valence-electron chi connectivity index (χ1n) is 3.69. The average Bonchev–Trinajstić information content (AvgIpc) is 2.13. The molecule has 0 aromatic carbocycles. The summed E-state index contributed by atoms with van der Waals surface area (Å²) in [6, 6.07) is 0. The van der Waals surface area contributed by atoms with Gasteiger partial charge in [-0.25, -0.2) is 0 Å². The molecule has 0 aromatic heterocycles. The Morgan fingerprint density at radius 1 is 0.529 bits per heavy atom. The van der Waals surface area contributed by atoms with Crippen LogP contribution < -0.4 is 0 Å². The molecule has 0 aliphatic heterocycles. The van der Waals surface area contributed by atoms with Crippen molar-refractivity contribution in [2.24, 2.45) is 0 Å². The van der Waals surface area contributed by atoms with Gasteiger partial charge in [0.15, 0.2) is 5.38 Å². The summed E-state index contributed by atoms with van der Waals surface area (Å²) in [5, 5.41) is -4.46. The Labute approximate surface area is 91.5 Å². The zero-order valence-corrected chi connectivity index (χ0v) is 7.99. The van der Waals surface area contributed by atoms with Crippen molar-refractivity contribution in [3.05, 3.63) is 0 Å². The lowest BCUT2D eigenvalue weighted by atomic mass is 9.82. The lowest BCUT2D eigenvalue weighted by Crippen LogP contribution is -2.78. The molecule has 1 rings (SSSR count). The van der Waals surface area contributed by atoms with Crippen LogP contribution in [0.5, 0.6) is 0 Å². The van der Waals surface area contributed by atoms with E-state index in [4.69, 9.17) is 0 Å². The van der Waals surface area contributed by atoms with Crippen molar-refractivity contribution in [2.75, 3.05) is 0 Å². The minimum absolute atomic E-state index is 4.10. The van der Waals surface area contributed by atoms with Crippen molar-refractivity contribution in [2.45, 2.75) is 35.0 Å². The highest BCUT2D eigenvalue weighted by molar-refractivity contribution is 6.22. The predicted octanol–water partition coefficient (Wildman–Crippen LogP) is 3.78. The normalized spacial score (nSPS) is 33.4. The predicted molar refractivity (Wildman–Crippen MR) is 34.4 cm³/mol. The standard InChI is InChI=1S/C6HClF10/c7-1-2(8,9)4(12,13)6(16,17)5(14,15)3(1,10)11/h1H. The molecule has 0 nitrogen and oxygen atoms in total. The smallest absolute Gasteiger partial charge is 0.198 e. The van der Waals surface area contributed by atoms with Gasteiger partial charge in [0.05, 0.1) is 0 Å². The van der Waals surface area contributed by atoms with Crippen molar-refractivity contribution in [1.82, 2.24) is 0 Å². The molecule has 0 heterocycles. The molecular weight excluding hydrogens is 297 g/mol. The number of halogens is 11. The summed E-state index contributed by atoms with van der Waals surface area (Å²) < 4.78 is 125. The fourth-order valence-electron chi connectivity index (χ4n) is 1.16. The molecule has 11 heteroatoms. The Morgan fingerprint density at radius 3 is 1.00 bits per heavy atom. The number of rotatable bonds is 0. The van der Waals surface area contributed by atoms with Crippen LogP contribution in [0.15, 0.2) is 0 Å². The van der Waals surface area contributed by atoms with Crippen molar-refractivity contribution in [3.8, 4) is 0 Å². The maximum Gasteiger partial charge on any atom is 0.384 e. The van der Waals surface area contributed by atoms with Crippen LogP contribution >= 0.6 is 11.6 Å². The summed E-state index contributed by atoms with van der Waals surface area (Å²) in [4.78, 5) is 0. The Morgan fingerprint density at radius 2 is 0.765 bits per heavy atom. The third-order valence-corrected chi connectivity index (χ3v) is 2.81. The third kappa shape index (κ3) is 1.27. The van der Waals surface area contributed by atoms with Gasteiger partial charge in [0.2, 0.25) is 0 Å². The molecule has 0 amide bonds. The largest absolute Gasteiger partial charge is 0.384 e. The van der Waals surface area contributed by atoms with Crippen LogP contribution in [0.25, 0.3) is 0 Å². The van der Waals surface area contributed by atoms with E-state index in [0.717, 1.165) is 0 Å². The van der Waals surface area contributed by atoms with Gasteiger partial charge >= 0.3 is 29.6 Å². The summed E-state index contributed by atoms with van der Waals surface area (Å²) in [6.45, 7) is 0. The Bertz CT molecular complexity index is 304. The van der Waals surface area contributed by atoms with Gasteiger partial charge in [-0.1, -0.05) is 0 Å². The van der Waals surface area contributed by atoms with Crippen LogP contribution in [0.4, 0.5) is 43.9 Å². The quantitative estimate of drug-likeness (QED) is 0.471. The van der Waals surface area contributed by atoms with E-state index in [9.17, 15) is 43.9 Å². The highest BCUT2D eigenvalue weighted by Crippen LogP contribution is 2.65. The fraction of sp³-hybridized carbons (Fsp3) is 1.00. The first-order valence-corrected chi connectivity index (χ1v) is 4.12. The van der Waals surface area contributed by atoms with E-state index < -0.39 is 35.0 Å². The van der Waals surface area contributed by atoms with Crippen molar-refractivity contribution < 1.29 is 43.9 Å². The van der Waals surface area contributed by atoms with Crippen molar-refractivity contribution in [1.29, 1.82) is 0 Å². The first kappa shape index (κ1) is 14.7. The molecule has 0 bridgehead atoms. The maximum atomic E-state index is 12.5. The lowest BCUT2D eigenvalue weighted by Gasteiger charge is -2.47. The molecule has 1 aliphatic carbocycles. The first-order chi connectivity index (χ1) is 7.15. The highest BCUT2D eigenvalue weighted by atomic mass is 35.5. The minimum Gasteiger partial charge on any atom is -0.198 e. The number of alkyl halides is 11. The molecule has 1 saturated carbocycles. The second kappa shape index (κ2) is 3.12. The molecule has 0 radical (unpaired) electrons. The van der Waals surface area contributed by atoms with Gasteiger partial charge in [-0.2, -0.15) is 43.9 Å². The summed E-state index contributed by atoms with van der Waals surface area (Å²) >= 11 is 4.10. The van der Waals surface area contributed by atoms with Gasteiger partial charge in [-0.3, -0.25) is 0 Å². The van der Waals surface area contributed by atoms with E-state index in [-0.39, 0.29) is 0 Å². The van der Waals surface area contributed by atoms with E-state index >= 15 is 0 Å². The molecule has 17 heavy (non-hydrogen) atoms. The van der Waals surface area contributed by atoms with E-state index in [1.807, 2.05) is 0 Å². The minimum atomic E-state index is -6.93. The van der Waals surface area contributed by atoms with E-state index in [1.165, 1.54) is 0 Å². The van der Waals surface area contributed by atoms with Crippen molar-refractivity contribution in [3.63, 3.8) is 0 Å². The van der Waals surface area contributed by atoms with Crippen LogP contribution in [0.1, 0.15) is 0 Å². The van der Waals surface area contributed by atoms with Gasteiger partial charge in [0, 0.05) is 0 Å². The molecule has 0 spiro atoms. The average molecular weight is 299 g/mol. The van der Waals surface area contributed by atoms with Gasteiger partial charge in [-0.05, 0) is 0 Å². The molecule has 0 atom stereocenters. The molecular formula is C6HClF10. The highest BCUT2D eigenvalue weighted by Gasteiger charge is 2.95. The number of hydrogen-bond donors (Lipinski definition) is 0. The van der Waals surface area contributed by atoms with Crippen LogP contribution in [-0.4, -0.2) is 35.0 Å². The molecule has 0 aromatic rings. The van der Waals surface area contributed by atoms with Gasteiger partial charge in [-0.15, -0.1) is 11.6 Å². The molecule has 1 aliphatic rings. The van der Waals surface area contributed by atoms with Crippen LogP contribution in [0.3, 0.4) is 0 Å². The Hall–Kier alpha value is -0.410. The number of hydrogen-bond acceptors (Lipinski definition) is 0. The van der Waals surface area contributed by atoms with E-state index in [2.05, 4.69) is 11.6 Å². The molecule has 0 unspecified atom stereocenters. The molecule has 1 fully saturated rings. The lowest BCUT2D eigenvalue weighted by molar-refractivity contribution is -0.440. The molecule has 102 valence electrons. The summed E-state index contributed by atoms with van der Waals surface area (Å²) in [7, 11) is 0. The monoisotopic (exact) mass is 298 g/mol. The summed E-state index contributed by atoms with van der Waals surface area (Å²) in [6.07, 6.45) is 0. The van der Waals surface area contributed by atoms with E-state index in [1.54, 1.807) is 0 Å². The molecule has 0 N–H and O–H groups in total. The van der Waals surface area contributed by atoms with Crippen LogP contribution in [0.2, 0.25) is 0 Å². The second-order valence-electron chi connectivity index (χ2n) is 3.33. The van der Waals surface area contributed by atoms with Gasteiger partial charge < -0.3 is 0 Å². The third-order valence-electron chi connectivity index (χ3n) is 2.26. The summed E-state index contributed by atoms with van der Waals surface area (Å²) in [5.74, 6) is -32.7. The van der Waals surface area contributed by atoms with Crippen molar-refractivity contribution >= 4 is 11.6 Å². The fourth-order valence-corrected chi connectivity index (χ4v) is 1.44. The summed E-state index contributed by atoms with van der Waals surface area (Å²) in [5.41, 5.74) is 0. The molecule has 0 saturated heterocycles. The van der Waals surface area contributed by atoms with Crippen LogP contribution in [0, 0.1) is 0 Å². The van der Waals surface area contributed by atoms with Crippen LogP contribution in [-0.2, 0) is 0 Å². The second-order valence-corrected chi connectivity index (χ2v) is 3.77. The maximum absolute atomic E-state index is 12.5. The van der Waals surface area contributed by atoms with E-state index in [0.29, 0.717) is 0 Å². The zero-order valence-electron chi connectivity index (χ0n) is 7.23. The Balaban J connectivity index is 3.56. The Kier molecular flexibility index (Phi) is 2.69. The van der Waals surface area contributed by atoms with Gasteiger partial charge in [0.1, 0.15) is 0 Å². The zero-order chi connectivity index (χ0) is 14.1.